The van der Waals surface area contributed by atoms with Crippen molar-refractivity contribution in [2.75, 3.05) is 6.61 Å². The van der Waals surface area contributed by atoms with Crippen molar-refractivity contribution in [3.63, 3.8) is 0 Å². The maximum absolute atomic E-state index is 5.70. The minimum Gasteiger partial charge on any atom is -0.388 e. The standard InChI is InChI=1S/C14H13N4O.Li/c1-2-19-14(12-8-5-6-10-15-12)18-13-9-4-3-7-11(13)16-17-18;/h3-10H,2H2,1H3;/q-1;+1. The Labute approximate surface area is 129 Å². The first kappa shape index (κ1) is 14.6. The molecule has 0 radical (unpaired) electrons. The molecule has 0 bridgehead atoms. The van der Waals surface area contributed by atoms with Gasteiger partial charge in [-0.25, -0.2) is 0 Å². The third-order valence-electron chi connectivity index (χ3n) is 2.71. The summed E-state index contributed by atoms with van der Waals surface area (Å²) in [5.74, 6) is 0. The Balaban J connectivity index is 0.00000147. The molecule has 96 valence electrons. The van der Waals surface area contributed by atoms with Crippen molar-refractivity contribution in [2.24, 2.45) is 0 Å². The van der Waals surface area contributed by atoms with E-state index in [1.54, 1.807) is 10.9 Å². The second-order valence-electron chi connectivity index (χ2n) is 3.94. The van der Waals surface area contributed by atoms with Crippen molar-refractivity contribution in [1.29, 1.82) is 0 Å². The molecule has 0 aliphatic heterocycles. The van der Waals surface area contributed by atoms with Gasteiger partial charge < -0.3 is 4.74 Å². The number of aromatic nitrogens is 4. The summed E-state index contributed by atoms with van der Waals surface area (Å²) in [6, 6.07) is 13.4. The molecule has 3 aromatic rings. The zero-order chi connectivity index (χ0) is 13.1. The second kappa shape index (κ2) is 6.57. The molecular formula is C14H13LiN4O. The van der Waals surface area contributed by atoms with Gasteiger partial charge in [-0.15, -0.1) is 17.2 Å². The van der Waals surface area contributed by atoms with Crippen molar-refractivity contribution >= 4 is 11.0 Å². The number of benzene rings is 1. The number of ether oxygens (including phenoxy) is 1. The molecule has 0 atom stereocenters. The molecule has 2 heterocycles. The van der Waals surface area contributed by atoms with Crippen LogP contribution < -0.4 is 18.9 Å². The molecule has 3 rings (SSSR count). The van der Waals surface area contributed by atoms with Gasteiger partial charge in [0.1, 0.15) is 0 Å². The van der Waals surface area contributed by atoms with Gasteiger partial charge in [0.15, 0.2) is 0 Å². The van der Waals surface area contributed by atoms with E-state index in [0.29, 0.717) is 12.8 Å². The van der Waals surface area contributed by atoms with Crippen LogP contribution in [0.3, 0.4) is 0 Å². The van der Waals surface area contributed by atoms with Gasteiger partial charge in [-0.2, -0.15) is 0 Å². The maximum Gasteiger partial charge on any atom is 1.00 e. The number of hydrogen-bond acceptors (Lipinski definition) is 4. The third-order valence-corrected chi connectivity index (χ3v) is 2.71. The molecule has 0 spiro atoms. The van der Waals surface area contributed by atoms with Crippen LogP contribution in [0.1, 0.15) is 12.6 Å². The molecule has 5 nitrogen and oxygen atoms in total. The van der Waals surface area contributed by atoms with Crippen LogP contribution in [0.5, 0.6) is 0 Å². The van der Waals surface area contributed by atoms with Crippen LogP contribution in [-0.2, 0) is 4.74 Å². The summed E-state index contributed by atoms with van der Waals surface area (Å²) >= 11 is 0. The number of para-hydroxylation sites is 1. The number of rotatable bonds is 4. The fourth-order valence-electron chi connectivity index (χ4n) is 1.89. The molecule has 0 fully saturated rings. The predicted octanol–water partition coefficient (Wildman–Crippen LogP) is -0.747. The number of fused-ring (bicyclic) bond motifs is 1. The number of pyridine rings is 1. The van der Waals surface area contributed by atoms with Crippen molar-refractivity contribution in [3.8, 4) is 0 Å². The van der Waals surface area contributed by atoms with Crippen LogP contribution in [0, 0.1) is 6.23 Å². The maximum atomic E-state index is 5.70. The smallest absolute Gasteiger partial charge is 0.388 e. The average molecular weight is 260 g/mol. The van der Waals surface area contributed by atoms with E-state index in [-0.39, 0.29) is 18.9 Å². The molecular weight excluding hydrogens is 247 g/mol. The van der Waals surface area contributed by atoms with E-state index >= 15 is 0 Å². The van der Waals surface area contributed by atoms with Gasteiger partial charge in [-0.3, -0.25) is 9.67 Å². The van der Waals surface area contributed by atoms with Crippen LogP contribution in [0.15, 0.2) is 48.7 Å². The summed E-state index contributed by atoms with van der Waals surface area (Å²) in [7, 11) is 0. The Morgan fingerprint density at radius 3 is 2.70 bits per heavy atom. The topological polar surface area (TPSA) is 52.8 Å². The minimum atomic E-state index is 0. The second-order valence-corrected chi connectivity index (χ2v) is 3.94. The monoisotopic (exact) mass is 260 g/mol. The Morgan fingerprint density at radius 1 is 1.15 bits per heavy atom. The van der Waals surface area contributed by atoms with Gasteiger partial charge in [-0.1, -0.05) is 29.5 Å². The molecule has 0 N–H and O–H groups in total. The zero-order valence-corrected chi connectivity index (χ0v) is 11.5. The Morgan fingerprint density at radius 2 is 1.95 bits per heavy atom. The number of nitrogens with zero attached hydrogens (tertiary/aromatic N) is 4. The van der Waals surface area contributed by atoms with Gasteiger partial charge in [0.05, 0.1) is 11.7 Å². The summed E-state index contributed by atoms with van der Waals surface area (Å²) in [5, 5.41) is 8.29. The molecule has 1 aromatic carbocycles. The SMILES string of the molecule is CCO[C-](c1ccccn1)n1nnc2ccccc21.[Li+]. The van der Waals surface area contributed by atoms with Crippen molar-refractivity contribution < 1.29 is 23.6 Å². The largest absolute Gasteiger partial charge is 1.00 e. The van der Waals surface area contributed by atoms with E-state index in [1.165, 1.54) is 0 Å². The van der Waals surface area contributed by atoms with E-state index < -0.39 is 0 Å². The summed E-state index contributed by atoms with van der Waals surface area (Å²) in [6.07, 6.45) is 2.32. The van der Waals surface area contributed by atoms with E-state index in [2.05, 4.69) is 15.3 Å². The summed E-state index contributed by atoms with van der Waals surface area (Å²) < 4.78 is 7.38. The van der Waals surface area contributed by atoms with E-state index in [9.17, 15) is 0 Å². The molecule has 0 amide bonds. The first-order valence-electron chi connectivity index (χ1n) is 6.12. The Kier molecular flexibility index (Phi) is 4.80. The van der Waals surface area contributed by atoms with Crippen LogP contribution in [0.4, 0.5) is 0 Å². The molecule has 2 aromatic heterocycles. The van der Waals surface area contributed by atoms with Gasteiger partial charge in [-0.05, 0) is 18.5 Å². The predicted molar refractivity (Wildman–Crippen MR) is 71.1 cm³/mol. The molecule has 6 heteroatoms. The molecule has 0 saturated carbocycles. The van der Waals surface area contributed by atoms with E-state index in [4.69, 9.17) is 4.74 Å². The Bertz CT molecular complexity index is 671. The summed E-state index contributed by atoms with van der Waals surface area (Å²) in [4.78, 5) is 4.31. The first-order valence-corrected chi connectivity index (χ1v) is 6.12. The van der Waals surface area contributed by atoms with E-state index in [1.807, 2.05) is 49.4 Å². The third kappa shape index (κ3) is 2.70. The summed E-state index contributed by atoms with van der Waals surface area (Å²) in [5.41, 5.74) is 2.47. The molecule has 0 saturated heterocycles. The van der Waals surface area contributed by atoms with Crippen molar-refractivity contribution in [2.45, 2.75) is 6.92 Å². The summed E-state index contributed by atoms with van der Waals surface area (Å²) in [6.45, 7) is 2.47. The molecule has 0 unspecified atom stereocenters. The van der Waals surface area contributed by atoms with Crippen molar-refractivity contribution in [1.82, 2.24) is 20.0 Å². The fourth-order valence-corrected chi connectivity index (χ4v) is 1.89. The Hall–Kier alpha value is -1.80. The zero-order valence-electron chi connectivity index (χ0n) is 11.5. The normalized spacial score (nSPS) is 10.2. The number of hydrogen-bond donors (Lipinski definition) is 0. The van der Waals surface area contributed by atoms with Gasteiger partial charge in [0, 0.05) is 18.5 Å². The molecule has 0 aliphatic rings. The molecule has 0 aliphatic carbocycles. The first-order chi connectivity index (χ1) is 9.40. The van der Waals surface area contributed by atoms with Crippen LogP contribution in [0.2, 0.25) is 0 Å². The quantitative estimate of drug-likeness (QED) is 0.457. The van der Waals surface area contributed by atoms with Crippen LogP contribution in [0.25, 0.3) is 11.0 Å². The van der Waals surface area contributed by atoms with Crippen molar-refractivity contribution in [3.05, 3.63) is 60.6 Å². The average Bonchev–Trinajstić information content (AvgIpc) is 2.89. The minimum absolute atomic E-state index is 0. The van der Waals surface area contributed by atoms with Gasteiger partial charge in [0.2, 0.25) is 0 Å². The van der Waals surface area contributed by atoms with Crippen LogP contribution in [-0.4, -0.2) is 26.6 Å². The van der Waals surface area contributed by atoms with E-state index in [0.717, 1.165) is 16.7 Å². The molecule has 20 heavy (non-hydrogen) atoms. The van der Waals surface area contributed by atoms with Crippen LogP contribution >= 0.6 is 0 Å². The fraction of sp³-hybridized carbons (Fsp3) is 0.143. The van der Waals surface area contributed by atoms with Gasteiger partial charge in [0.25, 0.3) is 0 Å². The van der Waals surface area contributed by atoms with Gasteiger partial charge >= 0.3 is 18.9 Å².